The highest BCUT2D eigenvalue weighted by molar-refractivity contribution is 5.22. The summed E-state index contributed by atoms with van der Waals surface area (Å²) in [6.45, 7) is 6.22. The van der Waals surface area contributed by atoms with Gasteiger partial charge in [-0.1, -0.05) is 44.2 Å². The summed E-state index contributed by atoms with van der Waals surface area (Å²) in [7, 11) is 1.68. The van der Waals surface area contributed by atoms with Crippen LogP contribution in [0.3, 0.4) is 0 Å². The van der Waals surface area contributed by atoms with Gasteiger partial charge in [0.1, 0.15) is 5.60 Å². The second-order valence-electron chi connectivity index (χ2n) is 5.17. The van der Waals surface area contributed by atoms with Crippen molar-refractivity contribution >= 4 is 0 Å². The Kier molecular flexibility index (Phi) is 6.33. The van der Waals surface area contributed by atoms with E-state index in [2.05, 4.69) is 19.2 Å². The van der Waals surface area contributed by atoms with Crippen LogP contribution in [0.25, 0.3) is 0 Å². The van der Waals surface area contributed by atoms with Crippen molar-refractivity contribution in [3.05, 3.63) is 35.9 Å². The normalized spacial score (nSPS) is 14.7. The Morgan fingerprint density at radius 1 is 1.28 bits per heavy atom. The number of aliphatic hydroxyl groups is 1. The van der Waals surface area contributed by atoms with E-state index in [0.717, 1.165) is 18.5 Å². The van der Waals surface area contributed by atoms with E-state index in [1.807, 2.05) is 30.3 Å². The molecule has 2 N–H and O–H groups in total. The van der Waals surface area contributed by atoms with Gasteiger partial charge in [-0.25, -0.2) is 0 Å². The molecule has 102 valence electrons. The Labute approximate surface area is 110 Å². The van der Waals surface area contributed by atoms with Crippen LogP contribution < -0.4 is 5.32 Å². The maximum atomic E-state index is 10.8. The maximum absolute atomic E-state index is 10.8. The summed E-state index contributed by atoms with van der Waals surface area (Å²) in [5.41, 5.74) is 0.173. The van der Waals surface area contributed by atoms with Gasteiger partial charge in [0.25, 0.3) is 0 Å². The highest BCUT2D eigenvalue weighted by Crippen LogP contribution is 2.27. The van der Waals surface area contributed by atoms with Crippen LogP contribution in [0.5, 0.6) is 0 Å². The summed E-state index contributed by atoms with van der Waals surface area (Å²) in [6, 6.07) is 9.88. The molecule has 0 aliphatic rings. The summed E-state index contributed by atoms with van der Waals surface area (Å²) < 4.78 is 5.00. The predicted molar refractivity (Wildman–Crippen MR) is 74.5 cm³/mol. The minimum Gasteiger partial charge on any atom is -0.384 e. The summed E-state index contributed by atoms with van der Waals surface area (Å²) >= 11 is 0. The zero-order valence-corrected chi connectivity index (χ0v) is 11.6. The zero-order valence-electron chi connectivity index (χ0n) is 11.6. The fraction of sp³-hybridized carbons (Fsp3) is 0.600. The molecule has 0 heterocycles. The van der Waals surface area contributed by atoms with Crippen LogP contribution in [0, 0.1) is 5.92 Å². The van der Waals surface area contributed by atoms with Crippen molar-refractivity contribution in [3.8, 4) is 0 Å². The molecule has 0 fully saturated rings. The van der Waals surface area contributed by atoms with E-state index in [0.29, 0.717) is 19.1 Å². The van der Waals surface area contributed by atoms with Crippen molar-refractivity contribution in [2.75, 3.05) is 26.8 Å². The Bertz CT molecular complexity index is 327. The van der Waals surface area contributed by atoms with Crippen LogP contribution >= 0.6 is 0 Å². The topological polar surface area (TPSA) is 41.5 Å². The standard InChI is InChI=1S/C15H25NO2/c1-13(2)11-15(17,12-16-9-10-18-3)14-7-5-4-6-8-14/h4-8,13,16-17H,9-12H2,1-3H3. The molecule has 0 spiro atoms. The van der Waals surface area contributed by atoms with Gasteiger partial charge in [0.05, 0.1) is 6.61 Å². The Morgan fingerprint density at radius 2 is 1.94 bits per heavy atom. The highest BCUT2D eigenvalue weighted by Gasteiger charge is 2.29. The molecule has 0 saturated heterocycles. The lowest BCUT2D eigenvalue weighted by Gasteiger charge is -2.31. The van der Waals surface area contributed by atoms with Gasteiger partial charge in [-0.15, -0.1) is 0 Å². The Morgan fingerprint density at radius 3 is 2.50 bits per heavy atom. The molecule has 0 aliphatic heterocycles. The van der Waals surface area contributed by atoms with Gasteiger partial charge in [0.2, 0.25) is 0 Å². The average molecular weight is 251 g/mol. The Hall–Kier alpha value is -0.900. The van der Waals surface area contributed by atoms with Crippen LogP contribution in [0.2, 0.25) is 0 Å². The smallest absolute Gasteiger partial charge is 0.102 e. The average Bonchev–Trinajstić information content (AvgIpc) is 2.35. The van der Waals surface area contributed by atoms with E-state index >= 15 is 0 Å². The van der Waals surface area contributed by atoms with Crippen LogP contribution in [0.1, 0.15) is 25.8 Å². The molecule has 18 heavy (non-hydrogen) atoms. The first-order chi connectivity index (χ1) is 8.58. The van der Waals surface area contributed by atoms with Gasteiger partial charge in [-0.3, -0.25) is 0 Å². The molecule has 0 radical (unpaired) electrons. The quantitative estimate of drug-likeness (QED) is 0.696. The van der Waals surface area contributed by atoms with Gasteiger partial charge in [0, 0.05) is 20.2 Å². The highest BCUT2D eigenvalue weighted by atomic mass is 16.5. The van der Waals surface area contributed by atoms with E-state index in [4.69, 9.17) is 4.74 Å². The van der Waals surface area contributed by atoms with Crippen molar-refractivity contribution in [1.82, 2.24) is 5.32 Å². The first-order valence-electron chi connectivity index (χ1n) is 6.56. The molecule has 3 heteroatoms. The van der Waals surface area contributed by atoms with E-state index < -0.39 is 5.60 Å². The first-order valence-corrected chi connectivity index (χ1v) is 6.56. The largest absolute Gasteiger partial charge is 0.384 e. The fourth-order valence-corrected chi connectivity index (χ4v) is 2.19. The van der Waals surface area contributed by atoms with Crippen LogP contribution in [-0.2, 0) is 10.3 Å². The van der Waals surface area contributed by atoms with Crippen molar-refractivity contribution in [2.24, 2.45) is 5.92 Å². The lowest BCUT2D eigenvalue weighted by molar-refractivity contribution is 0.0146. The Balaban J connectivity index is 2.69. The molecule has 0 aliphatic carbocycles. The summed E-state index contributed by atoms with van der Waals surface area (Å²) in [6.07, 6.45) is 0.747. The minimum absolute atomic E-state index is 0.444. The van der Waals surface area contributed by atoms with E-state index in [-0.39, 0.29) is 0 Å². The second kappa shape index (κ2) is 7.52. The molecule has 0 bridgehead atoms. The van der Waals surface area contributed by atoms with E-state index in [9.17, 15) is 5.11 Å². The van der Waals surface area contributed by atoms with Gasteiger partial charge in [0.15, 0.2) is 0 Å². The molecular weight excluding hydrogens is 226 g/mol. The third kappa shape index (κ3) is 4.77. The van der Waals surface area contributed by atoms with E-state index in [1.165, 1.54) is 0 Å². The number of ether oxygens (including phenoxy) is 1. The van der Waals surface area contributed by atoms with Gasteiger partial charge in [-0.05, 0) is 17.9 Å². The summed E-state index contributed by atoms with van der Waals surface area (Å²) in [5.74, 6) is 0.444. The van der Waals surface area contributed by atoms with Crippen molar-refractivity contribution in [1.29, 1.82) is 0 Å². The predicted octanol–water partition coefficient (Wildman–Crippen LogP) is 2.16. The van der Waals surface area contributed by atoms with Gasteiger partial charge < -0.3 is 15.2 Å². The molecular formula is C15H25NO2. The number of nitrogens with one attached hydrogen (secondary N) is 1. The number of methoxy groups -OCH3 is 1. The molecule has 1 aromatic carbocycles. The monoisotopic (exact) mass is 251 g/mol. The number of hydrogen-bond donors (Lipinski definition) is 2. The van der Waals surface area contributed by atoms with Crippen molar-refractivity contribution in [2.45, 2.75) is 25.9 Å². The van der Waals surface area contributed by atoms with Crippen molar-refractivity contribution in [3.63, 3.8) is 0 Å². The zero-order chi connectivity index (χ0) is 13.4. The molecule has 1 rings (SSSR count). The third-order valence-electron chi connectivity index (χ3n) is 2.96. The third-order valence-corrected chi connectivity index (χ3v) is 2.96. The summed E-state index contributed by atoms with van der Waals surface area (Å²) in [4.78, 5) is 0. The van der Waals surface area contributed by atoms with Gasteiger partial charge in [-0.2, -0.15) is 0 Å². The molecule has 0 amide bonds. The molecule has 0 aromatic heterocycles. The summed E-state index contributed by atoms with van der Waals surface area (Å²) in [5, 5.41) is 14.1. The lowest BCUT2D eigenvalue weighted by Crippen LogP contribution is -2.40. The van der Waals surface area contributed by atoms with Crippen LogP contribution in [-0.4, -0.2) is 31.9 Å². The number of rotatable bonds is 8. The van der Waals surface area contributed by atoms with Crippen LogP contribution in [0.4, 0.5) is 0 Å². The maximum Gasteiger partial charge on any atom is 0.102 e. The fourth-order valence-electron chi connectivity index (χ4n) is 2.19. The molecule has 1 atom stereocenters. The molecule has 1 unspecified atom stereocenters. The molecule has 1 aromatic rings. The first kappa shape index (κ1) is 15.2. The number of benzene rings is 1. The van der Waals surface area contributed by atoms with Crippen LogP contribution in [0.15, 0.2) is 30.3 Å². The molecule has 3 nitrogen and oxygen atoms in total. The minimum atomic E-state index is -0.802. The molecule has 0 saturated carbocycles. The number of hydrogen-bond acceptors (Lipinski definition) is 3. The lowest BCUT2D eigenvalue weighted by atomic mass is 9.85. The van der Waals surface area contributed by atoms with Gasteiger partial charge >= 0.3 is 0 Å². The second-order valence-corrected chi connectivity index (χ2v) is 5.17. The SMILES string of the molecule is COCCNCC(O)(CC(C)C)c1ccccc1. The van der Waals surface area contributed by atoms with Crippen molar-refractivity contribution < 1.29 is 9.84 Å². The van der Waals surface area contributed by atoms with E-state index in [1.54, 1.807) is 7.11 Å².